The second-order valence-corrected chi connectivity index (χ2v) is 8.10. The second-order valence-electron chi connectivity index (χ2n) is 7.69. The maximum Gasteiger partial charge on any atom is 0.136 e. The third-order valence-corrected chi connectivity index (χ3v) is 5.90. The first-order chi connectivity index (χ1) is 13.3. The maximum atomic E-state index is 6.02. The van der Waals surface area contributed by atoms with E-state index in [0.717, 1.165) is 32.9 Å². The Morgan fingerprint density at radius 1 is 0.704 bits per heavy atom. The SMILES string of the molecule is CCCCCCCCCCCCc1ccc2oc3ccccc3c(=S)c2c1. The number of hydrogen-bond donors (Lipinski definition) is 0. The number of para-hydroxylation sites is 1. The van der Waals surface area contributed by atoms with Crippen molar-refractivity contribution in [2.75, 3.05) is 0 Å². The van der Waals surface area contributed by atoms with Crippen LogP contribution < -0.4 is 0 Å². The molecule has 1 heterocycles. The topological polar surface area (TPSA) is 13.1 Å². The van der Waals surface area contributed by atoms with E-state index >= 15 is 0 Å². The van der Waals surface area contributed by atoms with Gasteiger partial charge in [0.2, 0.25) is 0 Å². The van der Waals surface area contributed by atoms with Crippen LogP contribution >= 0.6 is 12.2 Å². The molecule has 0 aliphatic carbocycles. The van der Waals surface area contributed by atoms with E-state index in [9.17, 15) is 0 Å². The number of aryl methyl sites for hydroxylation is 1. The molecule has 0 fully saturated rings. The molecule has 0 atom stereocenters. The largest absolute Gasteiger partial charge is 0.456 e. The average Bonchev–Trinajstić information content (AvgIpc) is 2.70. The molecule has 0 amide bonds. The number of unbranched alkanes of at least 4 members (excludes halogenated alkanes) is 9. The Balaban J connectivity index is 1.48. The maximum absolute atomic E-state index is 6.02. The molecule has 2 aromatic carbocycles. The van der Waals surface area contributed by atoms with E-state index in [1.165, 1.54) is 69.8 Å². The fourth-order valence-electron chi connectivity index (χ4n) is 3.82. The molecular weight excluding hydrogens is 348 g/mol. The standard InChI is InChI=1S/C25H32OS/c1-2-3-4-5-6-7-8-9-10-11-14-20-17-18-24-22(19-20)25(27)21-15-12-13-16-23(21)26-24/h12-13,15-19H,2-11,14H2,1H3. The lowest BCUT2D eigenvalue weighted by Crippen LogP contribution is -1.88. The molecule has 0 radical (unpaired) electrons. The Kier molecular flexibility index (Phi) is 7.89. The summed E-state index contributed by atoms with van der Waals surface area (Å²) in [5, 5.41) is 2.12. The Hall–Kier alpha value is -1.67. The van der Waals surface area contributed by atoms with Crippen molar-refractivity contribution in [3.05, 3.63) is 52.5 Å². The van der Waals surface area contributed by atoms with Crippen LogP contribution in [-0.2, 0) is 6.42 Å². The summed E-state index contributed by atoms with van der Waals surface area (Å²) in [6.45, 7) is 2.28. The molecule has 0 aliphatic heterocycles. The fraction of sp³-hybridized carbons (Fsp3) is 0.480. The van der Waals surface area contributed by atoms with Gasteiger partial charge in [-0.15, -0.1) is 0 Å². The Bertz CT molecular complexity index is 909. The van der Waals surface area contributed by atoms with Gasteiger partial charge in [-0.05, 0) is 42.7 Å². The van der Waals surface area contributed by atoms with Crippen LogP contribution in [0.15, 0.2) is 46.9 Å². The van der Waals surface area contributed by atoms with Crippen molar-refractivity contribution < 1.29 is 4.42 Å². The van der Waals surface area contributed by atoms with E-state index in [0.29, 0.717) is 0 Å². The van der Waals surface area contributed by atoms with Gasteiger partial charge in [0.15, 0.2) is 0 Å². The van der Waals surface area contributed by atoms with E-state index in [-0.39, 0.29) is 0 Å². The van der Waals surface area contributed by atoms with Gasteiger partial charge < -0.3 is 4.42 Å². The monoisotopic (exact) mass is 380 g/mol. The van der Waals surface area contributed by atoms with Crippen LogP contribution in [0.2, 0.25) is 0 Å². The zero-order valence-corrected chi connectivity index (χ0v) is 17.5. The molecule has 144 valence electrons. The molecular formula is C25H32OS. The van der Waals surface area contributed by atoms with Crippen molar-refractivity contribution in [1.82, 2.24) is 0 Å². The Morgan fingerprint density at radius 3 is 2.07 bits per heavy atom. The van der Waals surface area contributed by atoms with Crippen LogP contribution in [0.3, 0.4) is 0 Å². The highest BCUT2D eigenvalue weighted by molar-refractivity contribution is 7.72. The minimum atomic E-state index is 0.873. The summed E-state index contributed by atoms with van der Waals surface area (Å²) >= 11 is 5.72. The summed E-state index contributed by atoms with van der Waals surface area (Å²) in [6.07, 6.45) is 14.9. The van der Waals surface area contributed by atoms with E-state index < -0.39 is 0 Å². The average molecular weight is 381 g/mol. The van der Waals surface area contributed by atoms with Crippen molar-refractivity contribution in [2.45, 2.75) is 77.6 Å². The fourth-order valence-corrected chi connectivity index (χ4v) is 4.15. The lowest BCUT2D eigenvalue weighted by Gasteiger charge is -2.06. The minimum absolute atomic E-state index is 0.873. The van der Waals surface area contributed by atoms with Crippen LogP contribution in [0.4, 0.5) is 0 Å². The van der Waals surface area contributed by atoms with Gasteiger partial charge in [-0.3, -0.25) is 0 Å². The number of rotatable bonds is 11. The van der Waals surface area contributed by atoms with Gasteiger partial charge in [-0.1, -0.05) is 95.1 Å². The van der Waals surface area contributed by atoms with Gasteiger partial charge >= 0.3 is 0 Å². The molecule has 0 aliphatic rings. The Morgan fingerprint density at radius 2 is 1.33 bits per heavy atom. The second kappa shape index (κ2) is 10.6. The summed E-state index contributed by atoms with van der Waals surface area (Å²) < 4.78 is 6.93. The molecule has 1 nitrogen and oxygen atoms in total. The first-order valence-corrected chi connectivity index (χ1v) is 11.1. The van der Waals surface area contributed by atoms with Crippen molar-refractivity contribution in [2.24, 2.45) is 0 Å². The van der Waals surface area contributed by atoms with E-state index in [1.807, 2.05) is 18.2 Å². The number of fused-ring (bicyclic) bond motifs is 2. The van der Waals surface area contributed by atoms with Gasteiger partial charge in [0, 0.05) is 10.8 Å². The zero-order valence-electron chi connectivity index (χ0n) is 16.6. The lowest BCUT2D eigenvalue weighted by atomic mass is 10.0. The summed E-state index contributed by atoms with van der Waals surface area (Å²) in [6, 6.07) is 14.6. The first kappa shape index (κ1) is 20.1. The van der Waals surface area contributed by atoms with Gasteiger partial charge in [-0.2, -0.15) is 0 Å². The van der Waals surface area contributed by atoms with E-state index in [4.69, 9.17) is 16.6 Å². The molecule has 0 saturated carbocycles. The lowest BCUT2D eigenvalue weighted by molar-refractivity contribution is 0.556. The van der Waals surface area contributed by atoms with Crippen molar-refractivity contribution >= 4 is 34.2 Å². The molecule has 27 heavy (non-hydrogen) atoms. The van der Waals surface area contributed by atoms with Crippen LogP contribution in [0.25, 0.3) is 21.9 Å². The van der Waals surface area contributed by atoms with Gasteiger partial charge in [-0.25, -0.2) is 0 Å². The third-order valence-electron chi connectivity index (χ3n) is 5.46. The van der Waals surface area contributed by atoms with Crippen molar-refractivity contribution in [3.63, 3.8) is 0 Å². The number of hydrogen-bond acceptors (Lipinski definition) is 2. The van der Waals surface area contributed by atoms with Gasteiger partial charge in [0.1, 0.15) is 11.2 Å². The normalized spacial score (nSPS) is 11.4. The molecule has 1 aromatic heterocycles. The summed E-state index contributed by atoms with van der Waals surface area (Å²) in [4.78, 5) is 0. The van der Waals surface area contributed by atoms with Crippen LogP contribution in [0.1, 0.15) is 76.7 Å². The van der Waals surface area contributed by atoms with Crippen molar-refractivity contribution in [1.29, 1.82) is 0 Å². The molecule has 0 spiro atoms. The number of benzene rings is 2. The highest BCUT2D eigenvalue weighted by atomic mass is 32.1. The Labute approximate surface area is 168 Å². The first-order valence-electron chi connectivity index (χ1n) is 10.7. The summed E-state index contributed by atoms with van der Waals surface area (Å²) in [5.41, 5.74) is 3.14. The van der Waals surface area contributed by atoms with Gasteiger partial charge in [0.05, 0.1) is 4.51 Å². The van der Waals surface area contributed by atoms with Crippen LogP contribution in [0.5, 0.6) is 0 Å². The molecule has 3 rings (SSSR count). The van der Waals surface area contributed by atoms with E-state index in [2.05, 4.69) is 31.2 Å². The minimum Gasteiger partial charge on any atom is -0.456 e. The molecule has 2 heteroatoms. The molecule has 0 saturated heterocycles. The summed E-state index contributed by atoms with van der Waals surface area (Å²) in [7, 11) is 0. The van der Waals surface area contributed by atoms with Gasteiger partial charge in [0.25, 0.3) is 0 Å². The molecule has 0 unspecified atom stereocenters. The molecule has 3 aromatic rings. The molecule has 0 N–H and O–H groups in total. The quantitative estimate of drug-likeness (QED) is 0.187. The van der Waals surface area contributed by atoms with Crippen LogP contribution in [0, 0.1) is 4.51 Å². The van der Waals surface area contributed by atoms with E-state index in [1.54, 1.807) is 0 Å². The van der Waals surface area contributed by atoms with Crippen LogP contribution in [-0.4, -0.2) is 0 Å². The third kappa shape index (κ3) is 5.65. The predicted octanol–water partition coefficient (Wildman–Crippen LogP) is 8.78. The zero-order chi connectivity index (χ0) is 18.9. The highest BCUT2D eigenvalue weighted by Gasteiger charge is 2.05. The predicted molar refractivity (Wildman–Crippen MR) is 120 cm³/mol. The van der Waals surface area contributed by atoms with Crippen molar-refractivity contribution in [3.8, 4) is 0 Å². The highest BCUT2D eigenvalue weighted by Crippen LogP contribution is 2.26. The smallest absolute Gasteiger partial charge is 0.136 e. The molecule has 0 bridgehead atoms. The summed E-state index contributed by atoms with van der Waals surface area (Å²) in [5.74, 6) is 0.